The highest BCUT2D eigenvalue weighted by Gasteiger charge is 2.05. The molecule has 19 heavy (non-hydrogen) atoms. The lowest BCUT2D eigenvalue weighted by molar-refractivity contribution is 0.1000. The number of aryl methyl sites for hydroxylation is 1. The summed E-state index contributed by atoms with van der Waals surface area (Å²) in [7, 11) is 0. The molecule has 0 spiro atoms. The van der Waals surface area contributed by atoms with E-state index in [4.69, 9.17) is 16.2 Å². The van der Waals surface area contributed by atoms with Crippen molar-refractivity contribution >= 4 is 11.6 Å². The Balaban J connectivity index is 2.12. The third-order valence-electron chi connectivity index (χ3n) is 2.89. The van der Waals surface area contributed by atoms with Crippen LogP contribution in [0.3, 0.4) is 0 Å². The predicted octanol–water partition coefficient (Wildman–Crippen LogP) is 2.26. The average molecular weight is 256 g/mol. The first-order chi connectivity index (χ1) is 9.08. The summed E-state index contributed by atoms with van der Waals surface area (Å²) in [5, 5.41) is 0. The molecule has 0 aliphatic rings. The van der Waals surface area contributed by atoms with E-state index in [1.807, 2.05) is 31.2 Å². The molecule has 2 aromatic rings. The number of nitrogens with two attached hydrogens (primary N) is 2. The van der Waals surface area contributed by atoms with Gasteiger partial charge in [0.25, 0.3) is 0 Å². The van der Waals surface area contributed by atoms with Crippen LogP contribution in [0.25, 0.3) is 0 Å². The van der Waals surface area contributed by atoms with Crippen LogP contribution in [0.5, 0.6) is 5.75 Å². The first kappa shape index (κ1) is 13.0. The molecule has 98 valence electrons. The zero-order chi connectivity index (χ0) is 13.8. The number of para-hydroxylation sites is 1. The molecule has 2 rings (SSSR count). The molecule has 4 nitrogen and oxygen atoms in total. The van der Waals surface area contributed by atoms with E-state index in [0.29, 0.717) is 23.6 Å². The molecule has 0 aliphatic heterocycles. The van der Waals surface area contributed by atoms with Gasteiger partial charge in [-0.05, 0) is 36.2 Å². The predicted molar refractivity (Wildman–Crippen MR) is 74.9 cm³/mol. The van der Waals surface area contributed by atoms with Gasteiger partial charge < -0.3 is 16.2 Å². The molecule has 0 aromatic heterocycles. The minimum atomic E-state index is -0.447. The van der Waals surface area contributed by atoms with Crippen LogP contribution in [0.1, 0.15) is 21.5 Å². The summed E-state index contributed by atoms with van der Waals surface area (Å²) in [6.45, 7) is 2.27. The molecule has 0 bridgehead atoms. The Morgan fingerprint density at radius 1 is 1.21 bits per heavy atom. The number of primary amides is 1. The molecule has 0 unspecified atom stereocenters. The van der Waals surface area contributed by atoms with E-state index in [9.17, 15) is 4.79 Å². The Morgan fingerprint density at radius 3 is 2.68 bits per heavy atom. The maximum Gasteiger partial charge on any atom is 0.248 e. The molecule has 0 aliphatic carbocycles. The largest absolute Gasteiger partial charge is 0.487 e. The zero-order valence-electron chi connectivity index (χ0n) is 10.7. The number of ether oxygens (including phenoxy) is 1. The van der Waals surface area contributed by atoms with Gasteiger partial charge in [-0.15, -0.1) is 0 Å². The first-order valence-corrected chi connectivity index (χ1v) is 5.94. The van der Waals surface area contributed by atoms with Gasteiger partial charge in [0, 0.05) is 5.56 Å². The summed E-state index contributed by atoms with van der Waals surface area (Å²) in [6.07, 6.45) is 0. The van der Waals surface area contributed by atoms with E-state index in [-0.39, 0.29) is 0 Å². The molecule has 1 amide bonds. The molecule has 0 saturated heterocycles. The van der Waals surface area contributed by atoms with Crippen molar-refractivity contribution in [2.45, 2.75) is 13.5 Å². The van der Waals surface area contributed by atoms with Crippen LogP contribution in [0.4, 0.5) is 5.69 Å². The van der Waals surface area contributed by atoms with Gasteiger partial charge in [0.05, 0.1) is 5.69 Å². The quantitative estimate of drug-likeness (QED) is 0.823. The molecule has 0 fully saturated rings. The Kier molecular flexibility index (Phi) is 3.71. The number of amides is 1. The van der Waals surface area contributed by atoms with Crippen molar-refractivity contribution in [3.05, 3.63) is 59.2 Å². The van der Waals surface area contributed by atoms with E-state index in [1.165, 1.54) is 0 Å². The van der Waals surface area contributed by atoms with Crippen molar-refractivity contribution in [2.24, 2.45) is 5.73 Å². The second kappa shape index (κ2) is 5.44. The third-order valence-corrected chi connectivity index (χ3v) is 2.89. The van der Waals surface area contributed by atoms with E-state index in [0.717, 1.165) is 11.1 Å². The number of hydrogen-bond acceptors (Lipinski definition) is 3. The molecule has 0 heterocycles. The van der Waals surface area contributed by atoms with Crippen LogP contribution in [0.15, 0.2) is 42.5 Å². The molecule has 4 N–H and O–H groups in total. The molecule has 4 heteroatoms. The Bertz CT molecular complexity index is 609. The fourth-order valence-electron chi connectivity index (χ4n) is 1.76. The fourth-order valence-corrected chi connectivity index (χ4v) is 1.76. The van der Waals surface area contributed by atoms with Crippen LogP contribution in [0, 0.1) is 6.92 Å². The van der Waals surface area contributed by atoms with Crippen LogP contribution in [-0.2, 0) is 6.61 Å². The lowest BCUT2D eigenvalue weighted by atomic mass is 10.1. The maximum atomic E-state index is 11.1. The highest BCUT2D eigenvalue weighted by atomic mass is 16.5. The second-order valence-electron chi connectivity index (χ2n) is 4.34. The van der Waals surface area contributed by atoms with Crippen molar-refractivity contribution in [3.8, 4) is 5.75 Å². The maximum absolute atomic E-state index is 11.1. The number of hydrogen-bond donors (Lipinski definition) is 2. The monoisotopic (exact) mass is 256 g/mol. The van der Waals surface area contributed by atoms with Crippen molar-refractivity contribution in [2.75, 3.05) is 5.73 Å². The standard InChI is InChI=1S/C15H16N2O2/c1-10-4-2-7-13(14(10)16)19-9-11-5-3-6-12(8-11)15(17)18/h2-8H,9,16H2,1H3,(H2,17,18). The van der Waals surface area contributed by atoms with E-state index in [2.05, 4.69) is 0 Å². The molecule has 0 atom stereocenters. The second-order valence-corrected chi connectivity index (χ2v) is 4.34. The SMILES string of the molecule is Cc1cccc(OCc2cccc(C(N)=O)c2)c1N. The Hall–Kier alpha value is -2.49. The molecule has 0 saturated carbocycles. The van der Waals surface area contributed by atoms with Crippen LogP contribution < -0.4 is 16.2 Å². The summed E-state index contributed by atoms with van der Waals surface area (Å²) in [4.78, 5) is 11.1. The topological polar surface area (TPSA) is 78.3 Å². The van der Waals surface area contributed by atoms with Crippen molar-refractivity contribution in [1.29, 1.82) is 0 Å². The molecular weight excluding hydrogens is 240 g/mol. The van der Waals surface area contributed by atoms with Crippen molar-refractivity contribution < 1.29 is 9.53 Å². The van der Waals surface area contributed by atoms with Gasteiger partial charge in [-0.1, -0.05) is 24.3 Å². The zero-order valence-corrected chi connectivity index (χ0v) is 10.7. The number of rotatable bonds is 4. The van der Waals surface area contributed by atoms with Crippen molar-refractivity contribution in [3.63, 3.8) is 0 Å². The minimum Gasteiger partial charge on any atom is -0.487 e. The van der Waals surface area contributed by atoms with Crippen LogP contribution in [0.2, 0.25) is 0 Å². The number of benzene rings is 2. The summed E-state index contributed by atoms with van der Waals surface area (Å²) in [6, 6.07) is 12.7. The molecule has 0 radical (unpaired) electrons. The van der Waals surface area contributed by atoms with Gasteiger partial charge in [-0.25, -0.2) is 0 Å². The van der Waals surface area contributed by atoms with Gasteiger partial charge >= 0.3 is 0 Å². The van der Waals surface area contributed by atoms with E-state index >= 15 is 0 Å². The summed E-state index contributed by atoms with van der Waals surface area (Å²) in [5.41, 5.74) is 14.1. The third kappa shape index (κ3) is 3.04. The highest BCUT2D eigenvalue weighted by molar-refractivity contribution is 5.92. The average Bonchev–Trinajstić information content (AvgIpc) is 2.41. The van der Waals surface area contributed by atoms with Gasteiger partial charge in [-0.3, -0.25) is 4.79 Å². The first-order valence-electron chi connectivity index (χ1n) is 5.94. The van der Waals surface area contributed by atoms with Crippen LogP contribution in [-0.4, -0.2) is 5.91 Å². The van der Waals surface area contributed by atoms with Gasteiger partial charge in [0.1, 0.15) is 12.4 Å². The number of anilines is 1. The van der Waals surface area contributed by atoms with Gasteiger partial charge in [-0.2, -0.15) is 0 Å². The van der Waals surface area contributed by atoms with E-state index in [1.54, 1.807) is 18.2 Å². The smallest absolute Gasteiger partial charge is 0.248 e. The van der Waals surface area contributed by atoms with Gasteiger partial charge in [0.15, 0.2) is 0 Å². The molecule has 2 aromatic carbocycles. The van der Waals surface area contributed by atoms with Crippen LogP contribution >= 0.6 is 0 Å². The van der Waals surface area contributed by atoms with Gasteiger partial charge in [0.2, 0.25) is 5.91 Å². The fraction of sp³-hybridized carbons (Fsp3) is 0.133. The number of carbonyl (C=O) groups excluding carboxylic acids is 1. The van der Waals surface area contributed by atoms with E-state index < -0.39 is 5.91 Å². The Labute approximate surface area is 112 Å². The highest BCUT2D eigenvalue weighted by Crippen LogP contribution is 2.25. The number of nitrogen functional groups attached to an aromatic ring is 1. The summed E-state index contributed by atoms with van der Waals surface area (Å²) in [5.74, 6) is 0.196. The number of carbonyl (C=O) groups is 1. The van der Waals surface area contributed by atoms with Crippen molar-refractivity contribution in [1.82, 2.24) is 0 Å². The summed E-state index contributed by atoms with van der Waals surface area (Å²) >= 11 is 0. The summed E-state index contributed by atoms with van der Waals surface area (Å²) < 4.78 is 5.66. The molecular formula is C15H16N2O2. The lowest BCUT2D eigenvalue weighted by Crippen LogP contribution is -2.11. The normalized spacial score (nSPS) is 10.2. The Morgan fingerprint density at radius 2 is 1.95 bits per heavy atom. The minimum absolute atomic E-state index is 0.342. The lowest BCUT2D eigenvalue weighted by Gasteiger charge is -2.10.